The average Bonchev–Trinajstić information content (AvgIpc) is 2.35. The Hall–Kier alpha value is -2.08. The minimum absolute atomic E-state index is 0.0756. The number of hydrogen-bond donors (Lipinski definition) is 1. The topological polar surface area (TPSA) is 61.0 Å². The fraction of sp³-hybridized carbons (Fsp3) is 0.0909. The number of benzene rings is 1. The summed E-state index contributed by atoms with van der Waals surface area (Å²) in [5.74, 6) is -1.42. The van der Waals surface area contributed by atoms with Crippen molar-refractivity contribution in [3.8, 4) is 11.6 Å². The molecule has 17 heavy (non-hydrogen) atoms. The lowest BCUT2D eigenvalue weighted by Gasteiger charge is -2.05. The SMILES string of the molecule is NCc1ccc(Oc2cc(F)ccc2F)nn1. The van der Waals surface area contributed by atoms with Gasteiger partial charge in [0.15, 0.2) is 11.6 Å². The lowest BCUT2D eigenvalue weighted by Crippen LogP contribution is -2.01. The van der Waals surface area contributed by atoms with Crippen LogP contribution in [0.25, 0.3) is 0 Å². The standard InChI is InChI=1S/C11H9F2N3O/c12-7-1-3-9(13)10(5-7)17-11-4-2-8(6-14)15-16-11/h1-5H,6,14H2. The zero-order chi connectivity index (χ0) is 12.3. The van der Waals surface area contributed by atoms with E-state index in [1.807, 2.05) is 0 Å². The molecule has 2 rings (SSSR count). The van der Waals surface area contributed by atoms with Gasteiger partial charge in [-0.2, -0.15) is 5.10 Å². The molecule has 0 bridgehead atoms. The molecular formula is C11H9F2N3O. The lowest BCUT2D eigenvalue weighted by molar-refractivity contribution is 0.416. The Morgan fingerprint density at radius 3 is 2.59 bits per heavy atom. The molecule has 0 saturated carbocycles. The molecule has 4 nitrogen and oxygen atoms in total. The zero-order valence-electron chi connectivity index (χ0n) is 8.73. The van der Waals surface area contributed by atoms with Crippen LogP contribution in [-0.2, 0) is 6.54 Å². The molecule has 1 aromatic heterocycles. The smallest absolute Gasteiger partial charge is 0.239 e. The molecule has 0 aliphatic carbocycles. The summed E-state index contributed by atoms with van der Waals surface area (Å²) >= 11 is 0. The number of rotatable bonds is 3. The molecule has 0 amide bonds. The summed E-state index contributed by atoms with van der Waals surface area (Å²) in [5.41, 5.74) is 5.92. The zero-order valence-corrected chi connectivity index (χ0v) is 8.73. The first kappa shape index (κ1) is 11.4. The predicted octanol–water partition coefficient (Wildman–Crippen LogP) is 2.01. The molecule has 0 saturated heterocycles. The largest absolute Gasteiger partial charge is 0.434 e. The molecule has 0 aliphatic heterocycles. The number of halogens is 2. The molecule has 0 radical (unpaired) electrons. The third-order valence-corrected chi connectivity index (χ3v) is 2.01. The molecule has 2 aromatic rings. The summed E-state index contributed by atoms with van der Waals surface area (Å²) in [6.07, 6.45) is 0. The fourth-order valence-electron chi connectivity index (χ4n) is 1.18. The molecule has 6 heteroatoms. The van der Waals surface area contributed by atoms with Crippen molar-refractivity contribution >= 4 is 0 Å². The lowest BCUT2D eigenvalue weighted by atomic mass is 10.3. The van der Waals surface area contributed by atoms with Gasteiger partial charge in [0.25, 0.3) is 0 Å². The Morgan fingerprint density at radius 2 is 1.94 bits per heavy atom. The summed E-state index contributed by atoms with van der Waals surface area (Å²) in [6, 6.07) is 6.00. The van der Waals surface area contributed by atoms with Crippen LogP contribution >= 0.6 is 0 Å². The van der Waals surface area contributed by atoms with Crippen molar-refractivity contribution in [3.63, 3.8) is 0 Å². The highest BCUT2D eigenvalue weighted by Gasteiger charge is 2.07. The van der Waals surface area contributed by atoms with Crippen molar-refractivity contribution in [3.05, 3.63) is 47.7 Å². The molecule has 88 valence electrons. The maximum Gasteiger partial charge on any atom is 0.239 e. The van der Waals surface area contributed by atoms with Gasteiger partial charge in [-0.15, -0.1) is 5.10 Å². The van der Waals surface area contributed by atoms with Gasteiger partial charge in [0, 0.05) is 18.7 Å². The van der Waals surface area contributed by atoms with Crippen LogP contribution in [0.4, 0.5) is 8.78 Å². The van der Waals surface area contributed by atoms with E-state index >= 15 is 0 Å². The summed E-state index contributed by atoms with van der Waals surface area (Å²) < 4.78 is 31.2. The third-order valence-electron chi connectivity index (χ3n) is 2.01. The first-order chi connectivity index (χ1) is 8.19. The van der Waals surface area contributed by atoms with Crippen LogP contribution in [0.3, 0.4) is 0 Å². The van der Waals surface area contributed by atoms with Gasteiger partial charge in [-0.3, -0.25) is 0 Å². The highest BCUT2D eigenvalue weighted by atomic mass is 19.1. The van der Waals surface area contributed by atoms with Gasteiger partial charge in [0.2, 0.25) is 5.88 Å². The van der Waals surface area contributed by atoms with Crippen LogP contribution in [0.1, 0.15) is 5.69 Å². The molecule has 2 N–H and O–H groups in total. The van der Waals surface area contributed by atoms with Gasteiger partial charge in [-0.05, 0) is 18.2 Å². The Bertz CT molecular complexity index is 517. The van der Waals surface area contributed by atoms with Gasteiger partial charge in [-0.1, -0.05) is 0 Å². The number of nitrogens with two attached hydrogens (primary N) is 1. The van der Waals surface area contributed by atoms with Crippen molar-refractivity contribution in [2.24, 2.45) is 5.73 Å². The molecule has 0 atom stereocenters. The maximum absolute atomic E-state index is 13.2. The van der Waals surface area contributed by atoms with Crippen molar-refractivity contribution < 1.29 is 13.5 Å². The van der Waals surface area contributed by atoms with Gasteiger partial charge in [0.05, 0.1) is 5.69 Å². The fourth-order valence-corrected chi connectivity index (χ4v) is 1.18. The van der Waals surface area contributed by atoms with Gasteiger partial charge >= 0.3 is 0 Å². The summed E-state index contributed by atoms with van der Waals surface area (Å²) in [6.45, 7) is 0.252. The summed E-state index contributed by atoms with van der Waals surface area (Å²) in [5, 5.41) is 7.40. The van der Waals surface area contributed by atoms with Crippen LogP contribution in [0, 0.1) is 11.6 Å². The van der Waals surface area contributed by atoms with Crippen molar-refractivity contribution in [2.75, 3.05) is 0 Å². The Labute approximate surface area is 96.0 Å². The van der Waals surface area contributed by atoms with E-state index in [0.29, 0.717) is 5.69 Å². The van der Waals surface area contributed by atoms with Crippen molar-refractivity contribution in [2.45, 2.75) is 6.54 Å². The molecule has 0 aliphatic rings. The van der Waals surface area contributed by atoms with E-state index in [1.165, 1.54) is 6.07 Å². The maximum atomic E-state index is 13.2. The van der Waals surface area contributed by atoms with Crippen LogP contribution in [-0.4, -0.2) is 10.2 Å². The highest BCUT2D eigenvalue weighted by Crippen LogP contribution is 2.23. The second-order valence-electron chi connectivity index (χ2n) is 3.24. The van der Waals surface area contributed by atoms with E-state index in [2.05, 4.69) is 10.2 Å². The molecule has 0 unspecified atom stereocenters. The van der Waals surface area contributed by atoms with E-state index in [1.54, 1.807) is 6.07 Å². The minimum Gasteiger partial charge on any atom is -0.434 e. The van der Waals surface area contributed by atoms with Gasteiger partial charge in [0.1, 0.15) is 5.82 Å². The van der Waals surface area contributed by atoms with Gasteiger partial charge in [-0.25, -0.2) is 8.78 Å². The van der Waals surface area contributed by atoms with E-state index in [-0.39, 0.29) is 18.2 Å². The van der Waals surface area contributed by atoms with E-state index in [0.717, 1.165) is 18.2 Å². The third kappa shape index (κ3) is 2.73. The quantitative estimate of drug-likeness (QED) is 0.886. The molecule has 0 fully saturated rings. The van der Waals surface area contributed by atoms with E-state index in [4.69, 9.17) is 10.5 Å². The second kappa shape index (κ2) is 4.84. The number of nitrogens with zero attached hydrogens (tertiary/aromatic N) is 2. The summed E-state index contributed by atoms with van der Waals surface area (Å²) in [7, 11) is 0. The molecule has 0 spiro atoms. The molecule has 1 heterocycles. The first-order valence-electron chi connectivity index (χ1n) is 4.84. The second-order valence-corrected chi connectivity index (χ2v) is 3.24. The number of ether oxygens (including phenoxy) is 1. The highest BCUT2D eigenvalue weighted by molar-refractivity contribution is 5.28. The Balaban J connectivity index is 2.22. The predicted molar refractivity (Wildman–Crippen MR) is 56.4 cm³/mol. The Kier molecular flexibility index (Phi) is 3.24. The first-order valence-corrected chi connectivity index (χ1v) is 4.84. The van der Waals surface area contributed by atoms with Crippen LogP contribution in [0.2, 0.25) is 0 Å². The van der Waals surface area contributed by atoms with Crippen molar-refractivity contribution in [1.82, 2.24) is 10.2 Å². The van der Waals surface area contributed by atoms with Gasteiger partial charge < -0.3 is 10.5 Å². The van der Waals surface area contributed by atoms with E-state index in [9.17, 15) is 8.78 Å². The van der Waals surface area contributed by atoms with E-state index < -0.39 is 11.6 Å². The van der Waals surface area contributed by atoms with Crippen molar-refractivity contribution in [1.29, 1.82) is 0 Å². The van der Waals surface area contributed by atoms with Crippen LogP contribution < -0.4 is 10.5 Å². The normalized spacial score (nSPS) is 10.3. The molecular weight excluding hydrogens is 228 g/mol. The number of aromatic nitrogens is 2. The van der Waals surface area contributed by atoms with Crippen LogP contribution in [0.15, 0.2) is 30.3 Å². The molecule has 1 aromatic carbocycles. The minimum atomic E-state index is -0.670. The monoisotopic (exact) mass is 237 g/mol. The summed E-state index contributed by atoms with van der Waals surface area (Å²) in [4.78, 5) is 0. The average molecular weight is 237 g/mol. The number of hydrogen-bond acceptors (Lipinski definition) is 4. The van der Waals surface area contributed by atoms with Crippen LogP contribution in [0.5, 0.6) is 11.6 Å². The Morgan fingerprint density at radius 1 is 1.12 bits per heavy atom.